The summed E-state index contributed by atoms with van der Waals surface area (Å²) in [5, 5.41) is 4.06. The van der Waals surface area contributed by atoms with Crippen LogP contribution in [0, 0.1) is 0 Å². The minimum Gasteiger partial charge on any atom is -0.389 e. The molecule has 7 heteroatoms. The number of thiocarbonyl (C=S) groups is 1. The first-order valence-electron chi connectivity index (χ1n) is 4.94. The lowest BCUT2D eigenvalue weighted by molar-refractivity contribution is 0.0995. The van der Waals surface area contributed by atoms with Gasteiger partial charge in [0.1, 0.15) is 10.7 Å². The first-order valence-corrected chi connectivity index (χ1v) is 6.14. The van der Waals surface area contributed by atoms with Gasteiger partial charge in [0.15, 0.2) is 0 Å². The normalized spacial score (nSPS) is 10.3. The van der Waals surface area contributed by atoms with Crippen molar-refractivity contribution < 1.29 is 4.79 Å². The number of carbonyl (C=O) groups excluding carboxylic acids is 1. The quantitative estimate of drug-likeness (QED) is 0.835. The van der Waals surface area contributed by atoms with E-state index in [0.717, 1.165) is 4.47 Å². The molecule has 4 N–H and O–H groups in total. The molecule has 0 radical (unpaired) electrons. The van der Waals surface area contributed by atoms with Crippen molar-refractivity contribution in [2.24, 2.45) is 11.5 Å². The molecule has 1 aromatic heterocycles. The lowest BCUT2D eigenvalue weighted by Gasteiger charge is -2.08. The van der Waals surface area contributed by atoms with E-state index in [4.69, 9.17) is 23.7 Å². The number of halogens is 1. The standard InChI is InChI=1S/C11H9BrN4OS/c12-6-1-2-9(7(5-6)11(14)18)16-4-3-8(15-16)10(13)17/h1-5H,(H2,13,17)(H2,14,18). The van der Waals surface area contributed by atoms with Crippen molar-refractivity contribution in [3.63, 3.8) is 0 Å². The smallest absolute Gasteiger partial charge is 0.269 e. The Kier molecular flexibility index (Phi) is 3.44. The van der Waals surface area contributed by atoms with Gasteiger partial charge in [0.05, 0.1) is 5.69 Å². The number of nitrogens with zero attached hydrogens (tertiary/aromatic N) is 2. The Bertz CT molecular complexity index is 638. The average molecular weight is 325 g/mol. The number of primary amides is 1. The Morgan fingerprint density at radius 1 is 1.33 bits per heavy atom. The van der Waals surface area contributed by atoms with Crippen LogP contribution < -0.4 is 11.5 Å². The zero-order valence-electron chi connectivity index (χ0n) is 9.13. The van der Waals surface area contributed by atoms with Crippen LogP contribution in [0.2, 0.25) is 0 Å². The van der Waals surface area contributed by atoms with E-state index >= 15 is 0 Å². The molecule has 5 nitrogen and oxygen atoms in total. The van der Waals surface area contributed by atoms with Crippen molar-refractivity contribution in [3.8, 4) is 5.69 Å². The van der Waals surface area contributed by atoms with Crippen molar-refractivity contribution in [2.45, 2.75) is 0 Å². The van der Waals surface area contributed by atoms with Crippen LogP contribution in [-0.2, 0) is 0 Å². The Morgan fingerprint density at radius 3 is 2.61 bits per heavy atom. The van der Waals surface area contributed by atoms with Crippen molar-refractivity contribution in [2.75, 3.05) is 0 Å². The number of rotatable bonds is 3. The molecule has 0 bridgehead atoms. The van der Waals surface area contributed by atoms with E-state index in [9.17, 15) is 4.79 Å². The summed E-state index contributed by atoms with van der Waals surface area (Å²) in [7, 11) is 0. The molecule has 0 saturated carbocycles. The molecule has 1 heterocycles. The van der Waals surface area contributed by atoms with Gasteiger partial charge in [-0.05, 0) is 24.3 Å². The maximum Gasteiger partial charge on any atom is 0.269 e. The van der Waals surface area contributed by atoms with Crippen LogP contribution in [0.15, 0.2) is 34.9 Å². The summed E-state index contributed by atoms with van der Waals surface area (Å²) >= 11 is 8.34. The zero-order valence-corrected chi connectivity index (χ0v) is 11.5. The summed E-state index contributed by atoms with van der Waals surface area (Å²) in [4.78, 5) is 11.3. The van der Waals surface area contributed by atoms with Crippen molar-refractivity contribution in [1.82, 2.24) is 9.78 Å². The van der Waals surface area contributed by atoms with E-state index in [-0.39, 0.29) is 10.7 Å². The summed E-state index contributed by atoms with van der Waals surface area (Å²) in [6, 6.07) is 6.97. The topological polar surface area (TPSA) is 86.9 Å². The highest BCUT2D eigenvalue weighted by atomic mass is 79.9. The third-order valence-electron chi connectivity index (χ3n) is 2.31. The monoisotopic (exact) mass is 324 g/mol. The fourth-order valence-corrected chi connectivity index (χ4v) is 2.02. The molecule has 2 rings (SSSR count). The largest absolute Gasteiger partial charge is 0.389 e. The van der Waals surface area contributed by atoms with Crippen molar-refractivity contribution in [1.29, 1.82) is 0 Å². The fourth-order valence-electron chi connectivity index (χ4n) is 1.49. The molecule has 18 heavy (non-hydrogen) atoms. The maximum absolute atomic E-state index is 11.0. The summed E-state index contributed by atoms with van der Waals surface area (Å²) in [5.74, 6) is -0.581. The zero-order chi connectivity index (χ0) is 13.3. The number of amides is 1. The molecular formula is C11H9BrN4OS. The number of hydrogen-bond donors (Lipinski definition) is 2. The first kappa shape index (κ1) is 12.7. The van der Waals surface area contributed by atoms with Crippen LogP contribution in [0.5, 0.6) is 0 Å². The van der Waals surface area contributed by atoms with E-state index < -0.39 is 5.91 Å². The third-order valence-corrected chi connectivity index (χ3v) is 3.03. The van der Waals surface area contributed by atoms with Gasteiger partial charge in [0, 0.05) is 16.2 Å². The average Bonchev–Trinajstić information content (AvgIpc) is 2.78. The number of hydrogen-bond acceptors (Lipinski definition) is 3. The number of nitrogens with two attached hydrogens (primary N) is 2. The first-order chi connectivity index (χ1) is 8.49. The Morgan fingerprint density at radius 2 is 2.06 bits per heavy atom. The van der Waals surface area contributed by atoms with Gasteiger partial charge in [-0.1, -0.05) is 28.1 Å². The predicted molar refractivity (Wildman–Crippen MR) is 75.7 cm³/mol. The van der Waals surface area contributed by atoms with Gasteiger partial charge in [0.2, 0.25) is 0 Å². The maximum atomic E-state index is 11.0. The molecule has 0 atom stereocenters. The van der Waals surface area contributed by atoms with Gasteiger partial charge in [-0.25, -0.2) is 4.68 Å². The molecule has 2 aromatic rings. The highest BCUT2D eigenvalue weighted by Gasteiger charge is 2.11. The second-order valence-corrected chi connectivity index (χ2v) is 4.89. The molecule has 0 saturated heterocycles. The van der Waals surface area contributed by atoms with Crippen LogP contribution in [0.3, 0.4) is 0 Å². The summed E-state index contributed by atoms with van der Waals surface area (Å²) in [5.41, 5.74) is 12.4. The molecule has 92 valence electrons. The van der Waals surface area contributed by atoms with Gasteiger partial charge < -0.3 is 11.5 Å². The summed E-state index contributed by atoms with van der Waals surface area (Å²) < 4.78 is 2.37. The summed E-state index contributed by atoms with van der Waals surface area (Å²) in [6.45, 7) is 0. The van der Waals surface area contributed by atoms with Gasteiger partial charge in [-0.15, -0.1) is 0 Å². The number of benzene rings is 1. The van der Waals surface area contributed by atoms with Crippen LogP contribution in [-0.4, -0.2) is 20.7 Å². The van der Waals surface area contributed by atoms with Crippen LogP contribution in [0.1, 0.15) is 16.1 Å². The predicted octanol–water partition coefficient (Wildman–Crippen LogP) is 1.37. The summed E-state index contributed by atoms with van der Waals surface area (Å²) in [6.07, 6.45) is 1.63. The molecule has 0 unspecified atom stereocenters. The molecule has 1 amide bonds. The number of carbonyl (C=O) groups is 1. The second-order valence-electron chi connectivity index (χ2n) is 3.54. The third kappa shape index (κ3) is 2.41. The van der Waals surface area contributed by atoms with Gasteiger partial charge >= 0.3 is 0 Å². The van der Waals surface area contributed by atoms with Crippen molar-refractivity contribution in [3.05, 3.63) is 46.2 Å². The van der Waals surface area contributed by atoms with Gasteiger partial charge in [-0.3, -0.25) is 4.79 Å². The highest BCUT2D eigenvalue weighted by Crippen LogP contribution is 2.20. The van der Waals surface area contributed by atoms with Gasteiger partial charge in [-0.2, -0.15) is 5.10 Å². The highest BCUT2D eigenvalue weighted by molar-refractivity contribution is 9.10. The fraction of sp³-hybridized carbons (Fsp3) is 0. The lowest BCUT2D eigenvalue weighted by Crippen LogP contribution is -2.15. The molecule has 0 aliphatic heterocycles. The number of aromatic nitrogens is 2. The molecule has 0 aliphatic rings. The Hall–Kier alpha value is -1.73. The van der Waals surface area contributed by atoms with E-state index in [1.165, 1.54) is 10.7 Å². The SMILES string of the molecule is NC(=O)c1ccn(-c2ccc(Br)cc2C(N)=S)n1. The van der Waals surface area contributed by atoms with E-state index in [1.54, 1.807) is 18.3 Å². The van der Waals surface area contributed by atoms with E-state index in [0.29, 0.717) is 11.3 Å². The lowest BCUT2D eigenvalue weighted by atomic mass is 10.2. The van der Waals surface area contributed by atoms with Crippen LogP contribution >= 0.6 is 28.1 Å². The molecule has 0 spiro atoms. The molecule has 0 fully saturated rings. The second kappa shape index (κ2) is 4.87. The van der Waals surface area contributed by atoms with Crippen LogP contribution in [0.4, 0.5) is 0 Å². The van der Waals surface area contributed by atoms with E-state index in [1.807, 2.05) is 6.07 Å². The van der Waals surface area contributed by atoms with Crippen molar-refractivity contribution >= 4 is 39.0 Å². The van der Waals surface area contributed by atoms with E-state index in [2.05, 4.69) is 21.0 Å². The Labute approximate surface area is 117 Å². The Balaban J connectivity index is 2.55. The molecule has 1 aromatic carbocycles. The minimum absolute atomic E-state index is 0.187. The van der Waals surface area contributed by atoms with Crippen LogP contribution in [0.25, 0.3) is 5.69 Å². The molecule has 0 aliphatic carbocycles. The molecular weight excluding hydrogens is 316 g/mol. The van der Waals surface area contributed by atoms with Gasteiger partial charge in [0.25, 0.3) is 5.91 Å². The minimum atomic E-state index is -0.581.